The summed E-state index contributed by atoms with van der Waals surface area (Å²) < 4.78 is 0. The summed E-state index contributed by atoms with van der Waals surface area (Å²) in [6.45, 7) is 2.05. The molecule has 0 amide bonds. The number of benzene rings is 1. The lowest BCUT2D eigenvalue weighted by Gasteiger charge is -2.19. The van der Waals surface area contributed by atoms with E-state index >= 15 is 0 Å². The van der Waals surface area contributed by atoms with Gasteiger partial charge in [-0.3, -0.25) is 0 Å². The lowest BCUT2D eigenvalue weighted by molar-refractivity contribution is 0.897. The first-order valence-corrected chi connectivity index (χ1v) is 8.86. The molecule has 3 heterocycles. The molecule has 1 aliphatic heterocycles. The summed E-state index contributed by atoms with van der Waals surface area (Å²) in [5.74, 6) is 1.58. The van der Waals surface area contributed by atoms with Crippen LogP contribution in [0.5, 0.6) is 0 Å². The highest BCUT2D eigenvalue weighted by atomic mass is 35.5. The van der Waals surface area contributed by atoms with Gasteiger partial charge in [-0.15, -0.1) is 21.5 Å². The fourth-order valence-corrected chi connectivity index (χ4v) is 3.59. The zero-order chi connectivity index (χ0) is 15.6. The maximum absolute atomic E-state index is 5.96. The first kappa shape index (κ1) is 14.6. The molecule has 4 nitrogen and oxygen atoms in total. The van der Waals surface area contributed by atoms with Crippen molar-refractivity contribution >= 4 is 28.8 Å². The highest BCUT2D eigenvalue weighted by Gasteiger charge is 2.21. The SMILES string of the molecule is Clc1ccc(-c2nnc(-c3cccs3)c(N3CCCC3)n2)cc1. The summed E-state index contributed by atoms with van der Waals surface area (Å²) >= 11 is 7.63. The van der Waals surface area contributed by atoms with Crippen molar-refractivity contribution in [2.45, 2.75) is 12.8 Å². The molecule has 1 aromatic carbocycles. The fourth-order valence-electron chi connectivity index (χ4n) is 2.76. The minimum absolute atomic E-state index is 0.642. The van der Waals surface area contributed by atoms with Gasteiger partial charge < -0.3 is 4.90 Å². The van der Waals surface area contributed by atoms with Gasteiger partial charge in [-0.25, -0.2) is 4.98 Å². The number of halogens is 1. The van der Waals surface area contributed by atoms with Gasteiger partial charge in [0.05, 0.1) is 4.88 Å². The van der Waals surface area contributed by atoms with Crippen LogP contribution in [0.2, 0.25) is 5.02 Å². The molecule has 0 spiro atoms. The van der Waals surface area contributed by atoms with Gasteiger partial charge in [0.15, 0.2) is 11.6 Å². The Morgan fingerprint density at radius 3 is 2.48 bits per heavy atom. The molecular weight excluding hydrogens is 328 g/mol. The fraction of sp³-hybridized carbons (Fsp3) is 0.235. The second kappa shape index (κ2) is 6.26. The van der Waals surface area contributed by atoms with Gasteiger partial charge in [0.25, 0.3) is 0 Å². The maximum Gasteiger partial charge on any atom is 0.183 e. The van der Waals surface area contributed by atoms with E-state index in [0.29, 0.717) is 10.8 Å². The predicted octanol–water partition coefficient (Wildman–Crippen LogP) is 4.52. The quantitative estimate of drug-likeness (QED) is 0.701. The molecule has 6 heteroatoms. The van der Waals surface area contributed by atoms with Crippen molar-refractivity contribution in [2.24, 2.45) is 0 Å². The summed E-state index contributed by atoms with van der Waals surface area (Å²) in [5.41, 5.74) is 1.81. The van der Waals surface area contributed by atoms with Crippen LogP contribution in [0, 0.1) is 0 Å². The van der Waals surface area contributed by atoms with Crippen LogP contribution < -0.4 is 4.90 Å². The first-order valence-electron chi connectivity index (χ1n) is 7.61. The van der Waals surface area contributed by atoms with E-state index < -0.39 is 0 Å². The smallest absolute Gasteiger partial charge is 0.183 e. The monoisotopic (exact) mass is 342 g/mol. The average Bonchev–Trinajstić information content (AvgIpc) is 3.29. The summed E-state index contributed by atoms with van der Waals surface area (Å²) in [6.07, 6.45) is 2.40. The Bertz CT molecular complexity index is 796. The topological polar surface area (TPSA) is 41.9 Å². The molecule has 3 aromatic rings. The zero-order valence-corrected chi connectivity index (χ0v) is 14.0. The molecule has 0 unspecified atom stereocenters. The lowest BCUT2D eigenvalue weighted by atomic mass is 10.2. The molecule has 2 aromatic heterocycles. The molecule has 23 heavy (non-hydrogen) atoms. The third-order valence-electron chi connectivity index (χ3n) is 3.93. The van der Waals surface area contributed by atoms with E-state index in [0.717, 1.165) is 35.0 Å². The number of nitrogens with zero attached hydrogens (tertiary/aromatic N) is 4. The van der Waals surface area contributed by atoms with E-state index in [9.17, 15) is 0 Å². The third kappa shape index (κ3) is 2.94. The van der Waals surface area contributed by atoms with E-state index in [2.05, 4.69) is 26.5 Å². The van der Waals surface area contributed by atoms with E-state index in [1.54, 1.807) is 11.3 Å². The van der Waals surface area contributed by atoms with Crippen LogP contribution in [0.4, 0.5) is 5.82 Å². The van der Waals surface area contributed by atoms with Crippen LogP contribution in [0.3, 0.4) is 0 Å². The maximum atomic E-state index is 5.96. The molecule has 1 aliphatic rings. The molecule has 0 saturated carbocycles. The molecule has 0 radical (unpaired) electrons. The highest BCUT2D eigenvalue weighted by molar-refractivity contribution is 7.13. The zero-order valence-electron chi connectivity index (χ0n) is 12.4. The molecule has 1 saturated heterocycles. The molecular formula is C17H15ClN4S. The van der Waals surface area contributed by atoms with Crippen LogP contribution in [0.1, 0.15) is 12.8 Å². The van der Waals surface area contributed by atoms with Gasteiger partial charge in [0, 0.05) is 23.7 Å². The molecule has 116 valence electrons. The Kier molecular flexibility index (Phi) is 3.97. The van der Waals surface area contributed by atoms with Crippen LogP contribution in [0.25, 0.3) is 22.0 Å². The van der Waals surface area contributed by atoms with E-state index in [-0.39, 0.29) is 0 Å². The van der Waals surface area contributed by atoms with Gasteiger partial charge in [-0.2, -0.15) is 0 Å². The molecule has 0 N–H and O–H groups in total. The Morgan fingerprint density at radius 2 is 1.78 bits per heavy atom. The second-order valence-corrected chi connectivity index (χ2v) is 6.87. The normalized spacial score (nSPS) is 14.4. The van der Waals surface area contributed by atoms with Crippen molar-refractivity contribution in [2.75, 3.05) is 18.0 Å². The second-order valence-electron chi connectivity index (χ2n) is 5.49. The van der Waals surface area contributed by atoms with Gasteiger partial charge in [-0.05, 0) is 48.6 Å². The summed E-state index contributed by atoms with van der Waals surface area (Å²) in [4.78, 5) is 8.24. The van der Waals surface area contributed by atoms with Crippen molar-refractivity contribution in [1.29, 1.82) is 0 Å². The van der Waals surface area contributed by atoms with Crippen molar-refractivity contribution in [3.8, 4) is 22.0 Å². The number of rotatable bonds is 3. The van der Waals surface area contributed by atoms with Crippen molar-refractivity contribution in [3.05, 3.63) is 46.8 Å². The number of thiophene rings is 1. The van der Waals surface area contributed by atoms with Crippen LogP contribution in [-0.4, -0.2) is 28.3 Å². The minimum Gasteiger partial charge on any atom is -0.355 e. The number of anilines is 1. The van der Waals surface area contributed by atoms with Gasteiger partial charge in [0.2, 0.25) is 0 Å². The number of hydrogen-bond donors (Lipinski definition) is 0. The number of aromatic nitrogens is 3. The summed E-state index contributed by atoms with van der Waals surface area (Å²) in [5, 5.41) is 11.6. The standard InChI is InChI=1S/C17H15ClN4S/c18-13-7-5-12(6-8-13)16-19-17(22-9-1-2-10-22)15(20-21-16)14-4-3-11-23-14/h3-8,11H,1-2,9-10H2. The van der Waals surface area contributed by atoms with E-state index in [4.69, 9.17) is 16.6 Å². The molecule has 1 fully saturated rings. The summed E-state index contributed by atoms with van der Waals surface area (Å²) in [7, 11) is 0. The Hall–Kier alpha value is -1.98. The largest absolute Gasteiger partial charge is 0.355 e. The van der Waals surface area contributed by atoms with Crippen LogP contribution in [0.15, 0.2) is 41.8 Å². The van der Waals surface area contributed by atoms with E-state index in [1.807, 2.05) is 30.3 Å². The van der Waals surface area contributed by atoms with Crippen molar-refractivity contribution < 1.29 is 0 Å². The van der Waals surface area contributed by atoms with Crippen LogP contribution >= 0.6 is 22.9 Å². The predicted molar refractivity (Wildman–Crippen MR) is 95.0 cm³/mol. The number of hydrogen-bond acceptors (Lipinski definition) is 5. The Morgan fingerprint density at radius 1 is 1.00 bits per heavy atom. The van der Waals surface area contributed by atoms with Gasteiger partial charge >= 0.3 is 0 Å². The highest BCUT2D eigenvalue weighted by Crippen LogP contribution is 2.33. The molecule has 0 bridgehead atoms. The Balaban J connectivity index is 1.81. The third-order valence-corrected chi connectivity index (χ3v) is 5.06. The molecule has 0 atom stereocenters. The lowest BCUT2D eigenvalue weighted by Crippen LogP contribution is -2.21. The minimum atomic E-state index is 0.642. The first-order chi connectivity index (χ1) is 11.3. The molecule has 0 aliphatic carbocycles. The Labute approximate surface area is 143 Å². The van der Waals surface area contributed by atoms with Crippen molar-refractivity contribution in [1.82, 2.24) is 15.2 Å². The van der Waals surface area contributed by atoms with Crippen molar-refractivity contribution in [3.63, 3.8) is 0 Å². The summed E-state index contributed by atoms with van der Waals surface area (Å²) in [6, 6.07) is 11.7. The van der Waals surface area contributed by atoms with Crippen LogP contribution in [-0.2, 0) is 0 Å². The van der Waals surface area contributed by atoms with E-state index in [1.165, 1.54) is 12.8 Å². The van der Waals surface area contributed by atoms with Gasteiger partial charge in [-0.1, -0.05) is 17.7 Å². The molecule has 4 rings (SSSR count). The average molecular weight is 343 g/mol. The van der Waals surface area contributed by atoms with Gasteiger partial charge in [0.1, 0.15) is 5.69 Å².